The lowest BCUT2D eigenvalue weighted by molar-refractivity contribution is 0.240. The number of carbonyl (C=O) groups excluding carboxylic acids is 1. The van der Waals surface area contributed by atoms with Gasteiger partial charge in [0.15, 0.2) is 0 Å². The standard InChI is InChI=1S/C15H17Cl2N3O/c16-11-5-6-12(17)13(9-11)19-14(21)20-15(10-18)7-3-1-2-4-8-15/h5-6,9H,1-4,7-8H2,(H2,19,20,21). The van der Waals surface area contributed by atoms with Crippen molar-refractivity contribution in [3.05, 3.63) is 28.2 Å². The van der Waals surface area contributed by atoms with E-state index in [4.69, 9.17) is 23.2 Å². The van der Waals surface area contributed by atoms with Gasteiger partial charge >= 0.3 is 6.03 Å². The van der Waals surface area contributed by atoms with E-state index in [2.05, 4.69) is 16.7 Å². The Morgan fingerprint density at radius 1 is 1.19 bits per heavy atom. The van der Waals surface area contributed by atoms with Gasteiger partial charge in [-0.3, -0.25) is 0 Å². The summed E-state index contributed by atoms with van der Waals surface area (Å²) in [5, 5.41) is 15.8. The van der Waals surface area contributed by atoms with Crippen molar-refractivity contribution in [2.45, 2.75) is 44.1 Å². The van der Waals surface area contributed by atoms with Crippen molar-refractivity contribution in [1.29, 1.82) is 5.26 Å². The summed E-state index contributed by atoms with van der Waals surface area (Å²) < 4.78 is 0. The number of halogens is 2. The molecule has 0 heterocycles. The van der Waals surface area contributed by atoms with E-state index >= 15 is 0 Å². The molecule has 21 heavy (non-hydrogen) atoms. The maximum atomic E-state index is 12.1. The van der Waals surface area contributed by atoms with Crippen LogP contribution in [-0.4, -0.2) is 11.6 Å². The Kier molecular flexibility index (Phi) is 5.33. The Bertz CT molecular complexity index is 561. The van der Waals surface area contributed by atoms with Crippen LogP contribution in [-0.2, 0) is 0 Å². The highest BCUT2D eigenvalue weighted by molar-refractivity contribution is 6.35. The third-order valence-electron chi connectivity index (χ3n) is 3.70. The first-order chi connectivity index (χ1) is 10.0. The number of amides is 2. The summed E-state index contributed by atoms with van der Waals surface area (Å²) in [6.45, 7) is 0. The molecule has 112 valence electrons. The molecule has 0 spiro atoms. The largest absolute Gasteiger partial charge is 0.320 e. The minimum Gasteiger partial charge on any atom is -0.319 e. The lowest BCUT2D eigenvalue weighted by Gasteiger charge is -2.26. The highest BCUT2D eigenvalue weighted by Gasteiger charge is 2.32. The quantitative estimate of drug-likeness (QED) is 0.772. The summed E-state index contributed by atoms with van der Waals surface area (Å²) in [5.74, 6) is 0. The van der Waals surface area contributed by atoms with Gasteiger partial charge in [-0.2, -0.15) is 5.26 Å². The first-order valence-corrected chi connectivity index (χ1v) is 7.76. The van der Waals surface area contributed by atoms with Crippen LogP contribution in [0.1, 0.15) is 38.5 Å². The van der Waals surface area contributed by atoms with Crippen molar-refractivity contribution in [2.75, 3.05) is 5.32 Å². The van der Waals surface area contributed by atoms with Crippen LogP contribution >= 0.6 is 23.2 Å². The number of nitriles is 1. The van der Waals surface area contributed by atoms with Crippen molar-refractivity contribution in [3.63, 3.8) is 0 Å². The minimum absolute atomic E-state index is 0.404. The molecular weight excluding hydrogens is 309 g/mol. The highest BCUT2D eigenvalue weighted by Crippen LogP contribution is 2.28. The number of hydrogen-bond donors (Lipinski definition) is 2. The predicted molar refractivity (Wildman–Crippen MR) is 84.7 cm³/mol. The molecule has 0 radical (unpaired) electrons. The fourth-order valence-electron chi connectivity index (χ4n) is 2.56. The molecule has 1 fully saturated rings. The molecule has 1 aliphatic carbocycles. The highest BCUT2D eigenvalue weighted by atomic mass is 35.5. The summed E-state index contributed by atoms with van der Waals surface area (Å²) in [4.78, 5) is 12.1. The van der Waals surface area contributed by atoms with Crippen molar-refractivity contribution >= 4 is 34.9 Å². The van der Waals surface area contributed by atoms with Crippen LogP contribution in [0.15, 0.2) is 18.2 Å². The van der Waals surface area contributed by atoms with E-state index in [1.54, 1.807) is 18.2 Å². The molecule has 1 aromatic carbocycles. The first-order valence-electron chi connectivity index (χ1n) is 7.00. The van der Waals surface area contributed by atoms with Gasteiger partial charge in [-0.25, -0.2) is 4.79 Å². The van der Waals surface area contributed by atoms with Crippen molar-refractivity contribution in [2.24, 2.45) is 0 Å². The molecule has 0 aromatic heterocycles. The molecule has 2 rings (SSSR count). The number of hydrogen-bond acceptors (Lipinski definition) is 2. The molecule has 2 amide bonds. The summed E-state index contributed by atoms with van der Waals surface area (Å²) in [5.41, 5.74) is -0.352. The maximum absolute atomic E-state index is 12.1. The summed E-state index contributed by atoms with van der Waals surface area (Å²) in [6.07, 6.45) is 5.47. The predicted octanol–water partition coefficient (Wildman–Crippen LogP) is 4.73. The van der Waals surface area contributed by atoms with Gasteiger partial charge < -0.3 is 10.6 Å². The Morgan fingerprint density at radius 3 is 2.48 bits per heavy atom. The number of nitrogens with zero attached hydrogens (tertiary/aromatic N) is 1. The molecule has 4 nitrogen and oxygen atoms in total. The van der Waals surface area contributed by atoms with E-state index in [0.29, 0.717) is 28.6 Å². The fourth-order valence-corrected chi connectivity index (χ4v) is 2.90. The molecule has 0 bridgehead atoms. The zero-order valence-corrected chi connectivity index (χ0v) is 13.1. The van der Waals surface area contributed by atoms with Crippen LogP contribution in [0.4, 0.5) is 10.5 Å². The average Bonchev–Trinajstić information content (AvgIpc) is 2.69. The van der Waals surface area contributed by atoms with Crippen LogP contribution in [0.2, 0.25) is 10.0 Å². The third kappa shape index (κ3) is 4.26. The zero-order valence-electron chi connectivity index (χ0n) is 11.6. The van der Waals surface area contributed by atoms with E-state index in [1.165, 1.54) is 0 Å². The van der Waals surface area contributed by atoms with Crippen LogP contribution < -0.4 is 10.6 Å². The third-order valence-corrected chi connectivity index (χ3v) is 4.27. The lowest BCUT2D eigenvalue weighted by atomic mass is 9.92. The van der Waals surface area contributed by atoms with Gasteiger partial charge in [0.2, 0.25) is 0 Å². The van der Waals surface area contributed by atoms with E-state index in [-0.39, 0.29) is 0 Å². The maximum Gasteiger partial charge on any atom is 0.320 e. The summed E-state index contributed by atoms with van der Waals surface area (Å²) in [6, 6.07) is 6.68. The molecule has 0 atom stereocenters. The van der Waals surface area contributed by atoms with Crippen molar-refractivity contribution < 1.29 is 4.79 Å². The monoisotopic (exact) mass is 325 g/mol. The van der Waals surface area contributed by atoms with Gasteiger partial charge in [0, 0.05) is 5.02 Å². The number of carbonyl (C=O) groups is 1. The lowest BCUT2D eigenvalue weighted by Crippen LogP contribution is -2.48. The van der Waals surface area contributed by atoms with Crippen molar-refractivity contribution in [3.8, 4) is 6.07 Å². The van der Waals surface area contributed by atoms with Gasteiger partial charge in [-0.05, 0) is 31.0 Å². The molecule has 0 aliphatic heterocycles. The Hall–Kier alpha value is -1.44. The number of anilines is 1. The topological polar surface area (TPSA) is 64.9 Å². The number of urea groups is 1. The van der Waals surface area contributed by atoms with E-state index < -0.39 is 11.6 Å². The van der Waals surface area contributed by atoms with Gasteiger partial charge in [-0.1, -0.05) is 48.9 Å². The second kappa shape index (κ2) is 7.02. The molecule has 2 N–H and O–H groups in total. The first kappa shape index (κ1) is 15.9. The average molecular weight is 326 g/mol. The SMILES string of the molecule is N#CC1(NC(=O)Nc2cc(Cl)ccc2Cl)CCCCCC1. The zero-order chi connectivity index (χ0) is 15.3. The molecule has 0 saturated heterocycles. The van der Waals surface area contributed by atoms with Crippen LogP contribution in [0, 0.1) is 11.3 Å². The van der Waals surface area contributed by atoms with E-state index in [0.717, 1.165) is 25.7 Å². The van der Waals surface area contributed by atoms with Gasteiger partial charge in [0.25, 0.3) is 0 Å². The van der Waals surface area contributed by atoms with Crippen LogP contribution in [0.3, 0.4) is 0 Å². The van der Waals surface area contributed by atoms with Crippen molar-refractivity contribution in [1.82, 2.24) is 5.32 Å². The number of benzene rings is 1. The molecule has 1 saturated carbocycles. The van der Waals surface area contributed by atoms with Crippen LogP contribution in [0.5, 0.6) is 0 Å². The minimum atomic E-state index is -0.786. The summed E-state index contributed by atoms with van der Waals surface area (Å²) >= 11 is 11.9. The van der Waals surface area contributed by atoms with Gasteiger partial charge in [-0.15, -0.1) is 0 Å². The summed E-state index contributed by atoms with van der Waals surface area (Å²) in [7, 11) is 0. The second-order valence-corrected chi connectivity index (χ2v) is 6.16. The van der Waals surface area contributed by atoms with E-state index in [1.807, 2.05) is 0 Å². The van der Waals surface area contributed by atoms with E-state index in [9.17, 15) is 10.1 Å². The molecule has 0 unspecified atom stereocenters. The van der Waals surface area contributed by atoms with Gasteiger partial charge in [0.05, 0.1) is 16.8 Å². The molecule has 6 heteroatoms. The molecule has 1 aromatic rings. The van der Waals surface area contributed by atoms with Gasteiger partial charge in [0.1, 0.15) is 5.54 Å². The smallest absolute Gasteiger partial charge is 0.319 e. The van der Waals surface area contributed by atoms with Crippen LogP contribution in [0.25, 0.3) is 0 Å². The number of nitrogens with one attached hydrogen (secondary N) is 2. The Labute approximate surface area is 134 Å². The Morgan fingerprint density at radius 2 is 1.86 bits per heavy atom. The molecule has 1 aliphatic rings. The fraction of sp³-hybridized carbons (Fsp3) is 0.467. The normalized spacial score (nSPS) is 17.4. The molecular formula is C15H17Cl2N3O. The number of rotatable bonds is 2. The Balaban J connectivity index is 2.06. The second-order valence-electron chi connectivity index (χ2n) is 5.31.